The molecule has 0 radical (unpaired) electrons. The van der Waals surface area contributed by atoms with Crippen LogP contribution in [0.5, 0.6) is 0 Å². The number of para-hydroxylation sites is 2. The Labute approximate surface area is 129 Å². The molecule has 1 aromatic heterocycles. The Bertz CT molecular complexity index is 704. The highest BCUT2D eigenvalue weighted by molar-refractivity contribution is 5.81. The second-order valence-electron chi connectivity index (χ2n) is 6.06. The van der Waals surface area contributed by atoms with Gasteiger partial charge in [-0.15, -0.1) is 0 Å². The Kier molecular flexibility index (Phi) is 4.49. The number of carbonyl (C=O) groups is 2. The number of imidazole rings is 1. The zero-order chi connectivity index (χ0) is 16.3. The number of benzene rings is 1. The molecule has 1 amide bonds. The maximum Gasteiger partial charge on any atom is 0.303 e. The molecule has 1 aromatic carbocycles. The Morgan fingerprint density at radius 3 is 2.68 bits per heavy atom. The van der Waals surface area contributed by atoms with Gasteiger partial charge in [0, 0.05) is 12.0 Å². The lowest BCUT2D eigenvalue weighted by molar-refractivity contribution is -0.137. The lowest BCUT2D eigenvalue weighted by Crippen LogP contribution is -2.45. The van der Waals surface area contributed by atoms with Crippen LogP contribution < -0.4 is 5.32 Å². The number of carbonyl (C=O) groups excluding carboxylic acids is 1. The first-order valence-corrected chi connectivity index (χ1v) is 7.23. The number of carboxylic acids is 1. The average Bonchev–Trinajstić information content (AvgIpc) is 2.73. The van der Waals surface area contributed by atoms with E-state index in [0.717, 1.165) is 16.9 Å². The van der Waals surface area contributed by atoms with Gasteiger partial charge >= 0.3 is 5.97 Å². The summed E-state index contributed by atoms with van der Waals surface area (Å²) < 4.78 is 1.86. The Hall–Kier alpha value is -2.37. The highest BCUT2D eigenvalue weighted by Crippen LogP contribution is 2.16. The zero-order valence-electron chi connectivity index (χ0n) is 13.1. The molecule has 1 heterocycles. The molecule has 0 atom stereocenters. The van der Waals surface area contributed by atoms with Gasteiger partial charge in [-0.1, -0.05) is 12.1 Å². The van der Waals surface area contributed by atoms with E-state index in [4.69, 9.17) is 5.11 Å². The van der Waals surface area contributed by atoms with Crippen LogP contribution in [0.1, 0.15) is 32.5 Å². The van der Waals surface area contributed by atoms with Crippen LogP contribution in [0.3, 0.4) is 0 Å². The van der Waals surface area contributed by atoms with Crippen LogP contribution in [0.15, 0.2) is 24.3 Å². The first-order chi connectivity index (χ1) is 10.3. The minimum Gasteiger partial charge on any atom is -0.481 e. The molecule has 0 spiro atoms. The van der Waals surface area contributed by atoms with Gasteiger partial charge in [0.05, 0.1) is 11.0 Å². The van der Waals surface area contributed by atoms with Gasteiger partial charge in [0.15, 0.2) is 0 Å². The number of aromatic nitrogens is 2. The van der Waals surface area contributed by atoms with Gasteiger partial charge in [0.1, 0.15) is 12.4 Å². The van der Waals surface area contributed by atoms with Crippen LogP contribution >= 0.6 is 0 Å². The van der Waals surface area contributed by atoms with Crippen LogP contribution in [0, 0.1) is 6.92 Å². The first-order valence-electron chi connectivity index (χ1n) is 7.23. The largest absolute Gasteiger partial charge is 0.481 e. The lowest BCUT2D eigenvalue weighted by atomic mass is 9.98. The van der Waals surface area contributed by atoms with Crippen LogP contribution in [0.2, 0.25) is 0 Å². The summed E-state index contributed by atoms with van der Waals surface area (Å²) in [5.41, 5.74) is 1.22. The third kappa shape index (κ3) is 3.84. The molecular formula is C16H21N3O3. The predicted molar refractivity (Wildman–Crippen MR) is 83.6 cm³/mol. The molecule has 0 unspecified atom stereocenters. The summed E-state index contributed by atoms with van der Waals surface area (Å²) in [6.07, 6.45) is 0.415. The molecule has 0 saturated carbocycles. The molecule has 2 aromatic rings. The van der Waals surface area contributed by atoms with Gasteiger partial charge < -0.3 is 15.0 Å². The van der Waals surface area contributed by atoms with E-state index in [0.29, 0.717) is 6.42 Å². The molecule has 0 fully saturated rings. The smallest absolute Gasteiger partial charge is 0.303 e. The predicted octanol–water partition coefficient (Wildman–Crippen LogP) is 2.10. The summed E-state index contributed by atoms with van der Waals surface area (Å²) >= 11 is 0. The summed E-state index contributed by atoms with van der Waals surface area (Å²) in [5.74, 6) is -0.236. The molecule has 0 aliphatic carbocycles. The number of fused-ring (bicyclic) bond motifs is 1. The molecule has 118 valence electrons. The van der Waals surface area contributed by atoms with Gasteiger partial charge in [0.2, 0.25) is 5.91 Å². The standard InChI is InChI=1S/C16H21N3O3/c1-11-17-12-6-4-5-7-13(12)19(11)10-14(20)18-16(2,3)9-8-15(21)22/h4-7H,8-10H2,1-3H3,(H,18,20)(H,21,22). The van der Waals surface area contributed by atoms with Crippen molar-refractivity contribution in [2.45, 2.75) is 45.7 Å². The number of nitrogens with zero attached hydrogens (tertiary/aromatic N) is 2. The summed E-state index contributed by atoms with van der Waals surface area (Å²) in [6.45, 7) is 5.69. The lowest BCUT2D eigenvalue weighted by Gasteiger charge is -2.26. The fourth-order valence-corrected chi connectivity index (χ4v) is 2.44. The van der Waals surface area contributed by atoms with Crippen molar-refractivity contribution < 1.29 is 14.7 Å². The van der Waals surface area contributed by atoms with Crippen molar-refractivity contribution in [3.8, 4) is 0 Å². The van der Waals surface area contributed by atoms with Gasteiger partial charge in [-0.2, -0.15) is 0 Å². The van der Waals surface area contributed by atoms with E-state index in [9.17, 15) is 9.59 Å². The number of amides is 1. The summed E-state index contributed by atoms with van der Waals surface area (Å²) in [4.78, 5) is 27.3. The normalized spacial score (nSPS) is 11.6. The monoisotopic (exact) mass is 303 g/mol. The molecule has 6 nitrogen and oxygen atoms in total. The molecule has 0 saturated heterocycles. The molecule has 0 bridgehead atoms. The van der Waals surface area contributed by atoms with Crippen molar-refractivity contribution in [2.75, 3.05) is 0 Å². The van der Waals surface area contributed by atoms with E-state index >= 15 is 0 Å². The molecular weight excluding hydrogens is 282 g/mol. The van der Waals surface area contributed by atoms with E-state index in [1.165, 1.54) is 0 Å². The quantitative estimate of drug-likeness (QED) is 0.856. The molecule has 6 heteroatoms. The molecule has 0 aliphatic heterocycles. The number of carboxylic acid groups (broad SMARTS) is 1. The Morgan fingerprint density at radius 1 is 1.32 bits per heavy atom. The number of rotatable bonds is 6. The molecule has 2 rings (SSSR count). The van der Waals surface area contributed by atoms with Crippen molar-refractivity contribution in [1.29, 1.82) is 0 Å². The number of nitrogens with one attached hydrogen (secondary N) is 1. The zero-order valence-corrected chi connectivity index (χ0v) is 13.1. The summed E-state index contributed by atoms with van der Waals surface area (Å²) in [6, 6.07) is 7.66. The van der Waals surface area contributed by atoms with Gasteiger partial charge in [0.25, 0.3) is 0 Å². The third-order valence-electron chi connectivity index (χ3n) is 3.59. The van der Waals surface area contributed by atoms with Crippen molar-refractivity contribution in [2.24, 2.45) is 0 Å². The molecule has 2 N–H and O–H groups in total. The average molecular weight is 303 g/mol. The second kappa shape index (κ2) is 6.17. The number of aliphatic carboxylic acids is 1. The van der Waals surface area contributed by atoms with E-state index in [2.05, 4.69) is 10.3 Å². The van der Waals surface area contributed by atoms with Crippen molar-refractivity contribution >= 4 is 22.9 Å². The fraction of sp³-hybridized carbons (Fsp3) is 0.438. The van der Waals surface area contributed by atoms with Crippen LogP contribution in [0.25, 0.3) is 11.0 Å². The van der Waals surface area contributed by atoms with E-state index < -0.39 is 11.5 Å². The van der Waals surface area contributed by atoms with Gasteiger partial charge in [-0.25, -0.2) is 4.98 Å². The van der Waals surface area contributed by atoms with E-state index in [1.807, 2.05) is 49.6 Å². The first kappa shape index (κ1) is 16.0. The van der Waals surface area contributed by atoms with Gasteiger partial charge in [-0.05, 0) is 39.3 Å². The molecule has 22 heavy (non-hydrogen) atoms. The van der Waals surface area contributed by atoms with E-state index in [1.54, 1.807) is 0 Å². The summed E-state index contributed by atoms with van der Waals surface area (Å²) in [7, 11) is 0. The maximum absolute atomic E-state index is 12.3. The van der Waals surface area contributed by atoms with Crippen LogP contribution in [-0.2, 0) is 16.1 Å². The van der Waals surface area contributed by atoms with Crippen LogP contribution in [0.4, 0.5) is 0 Å². The minimum atomic E-state index is -0.862. The highest BCUT2D eigenvalue weighted by atomic mass is 16.4. The number of hydrogen-bond donors (Lipinski definition) is 2. The Balaban J connectivity index is 2.08. The van der Waals surface area contributed by atoms with Crippen molar-refractivity contribution in [1.82, 2.24) is 14.9 Å². The van der Waals surface area contributed by atoms with E-state index in [-0.39, 0.29) is 18.9 Å². The molecule has 0 aliphatic rings. The minimum absolute atomic E-state index is 0.0281. The topological polar surface area (TPSA) is 84.2 Å². The summed E-state index contributed by atoms with van der Waals surface area (Å²) in [5, 5.41) is 11.6. The van der Waals surface area contributed by atoms with Crippen LogP contribution in [-0.4, -0.2) is 32.1 Å². The third-order valence-corrected chi connectivity index (χ3v) is 3.59. The maximum atomic E-state index is 12.3. The number of hydrogen-bond acceptors (Lipinski definition) is 3. The highest BCUT2D eigenvalue weighted by Gasteiger charge is 2.22. The fourth-order valence-electron chi connectivity index (χ4n) is 2.44. The Morgan fingerprint density at radius 2 is 2.00 bits per heavy atom. The number of aryl methyl sites for hydroxylation is 1. The van der Waals surface area contributed by atoms with Crippen molar-refractivity contribution in [3.05, 3.63) is 30.1 Å². The second-order valence-corrected chi connectivity index (χ2v) is 6.06. The van der Waals surface area contributed by atoms with Crippen molar-refractivity contribution in [3.63, 3.8) is 0 Å². The van der Waals surface area contributed by atoms with Gasteiger partial charge in [-0.3, -0.25) is 9.59 Å². The SMILES string of the molecule is Cc1nc2ccccc2n1CC(=O)NC(C)(C)CCC(=O)O.